The van der Waals surface area contributed by atoms with Gasteiger partial charge in [0.1, 0.15) is 11.6 Å². The summed E-state index contributed by atoms with van der Waals surface area (Å²) in [5.41, 5.74) is 6.00. The summed E-state index contributed by atoms with van der Waals surface area (Å²) in [4.78, 5) is 9.45. The van der Waals surface area contributed by atoms with Crippen LogP contribution in [0.2, 0.25) is 0 Å². The number of imidazole rings is 1. The zero-order valence-electron chi connectivity index (χ0n) is 16.8. The number of ether oxygens (including phenoxy) is 1. The number of aryl methyl sites for hydroxylation is 1. The van der Waals surface area contributed by atoms with Gasteiger partial charge in [0.15, 0.2) is 0 Å². The highest BCUT2D eigenvalue weighted by molar-refractivity contribution is 5.83. The lowest BCUT2D eigenvalue weighted by atomic mass is 10.0. The summed E-state index contributed by atoms with van der Waals surface area (Å²) in [6.45, 7) is -2.85. The number of para-hydroxylation sites is 1. The van der Waals surface area contributed by atoms with Gasteiger partial charge in [0, 0.05) is 35.4 Å². The van der Waals surface area contributed by atoms with Crippen LogP contribution in [-0.2, 0) is 6.42 Å². The van der Waals surface area contributed by atoms with Gasteiger partial charge in [-0.05, 0) is 49.1 Å². The highest BCUT2D eigenvalue weighted by Crippen LogP contribution is 2.41. The molecule has 0 unspecified atom stereocenters. The lowest BCUT2D eigenvalue weighted by Gasteiger charge is -2.19. The number of pyridine rings is 1. The molecule has 0 saturated heterocycles. The molecule has 6 heteroatoms. The lowest BCUT2D eigenvalue weighted by molar-refractivity contribution is -0.0506. The Bertz CT molecular complexity index is 1260. The Balaban J connectivity index is 1.42. The molecule has 2 aromatic heterocycles. The van der Waals surface area contributed by atoms with E-state index in [1.54, 1.807) is 12.1 Å². The Morgan fingerprint density at radius 1 is 0.968 bits per heavy atom. The maximum atomic E-state index is 13.0. The van der Waals surface area contributed by atoms with E-state index in [9.17, 15) is 8.78 Å². The minimum atomic E-state index is -2.85. The number of halogens is 2. The zero-order chi connectivity index (χ0) is 20.9. The van der Waals surface area contributed by atoms with E-state index < -0.39 is 6.61 Å². The quantitative estimate of drug-likeness (QED) is 0.393. The molecule has 1 fully saturated rings. The number of fused-ring (bicyclic) bond motifs is 3. The number of aromatic nitrogens is 3. The number of hydrogen-bond donors (Lipinski definition) is 0. The van der Waals surface area contributed by atoms with Crippen LogP contribution in [0, 0.1) is 0 Å². The molecule has 1 aliphatic carbocycles. The van der Waals surface area contributed by atoms with Gasteiger partial charge in [0.05, 0.1) is 17.1 Å². The number of hydrogen-bond acceptors (Lipinski definition) is 3. The van der Waals surface area contributed by atoms with Crippen LogP contribution in [-0.4, -0.2) is 21.1 Å². The summed E-state index contributed by atoms with van der Waals surface area (Å²) in [6.07, 6.45) is 6.02. The Morgan fingerprint density at radius 3 is 2.58 bits per heavy atom. The van der Waals surface area contributed by atoms with Crippen molar-refractivity contribution in [3.05, 3.63) is 77.9 Å². The Labute approximate surface area is 178 Å². The van der Waals surface area contributed by atoms with Gasteiger partial charge >= 0.3 is 6.61 Å². The van der Waals surface area contributed by atoms with Crippen molar-refractivity contribution in [3.8, 4) is 16.9 Å². The van der Waals surface area contributed by atoms with E-state index in [-0.39, 0.29) is 11.8 Å². The average Bonchev–Trinajstić information content (AvgIpc) is 3.45. The van der Waals surface area contributed by atoms with Crippen LogP contribution in [0.15, 0.2) is 60.8 Å². The van der Waals surface area contributed by atoms with Crippen LogP contribution < -0.4 is 4.74 Å². The summed E-state index contributed by atoms with van der Waals surface area (Å²) < 4.78 is 32.9. The van der Waals surface area contributed by atoms with Crippen LogP contribution in [0.5, 0.6) is 5.75 Å². The molecule has 4 nitrogen and oxygen atoms in total. The molecule has 0 N–H and O–H groups in total. The van der Waals surface area contributed by atoms with E-state index in [2.05, 4.69) is 33.8 Å². The molecule has 2 aromatic carbocycles. The largest absolute Gasteiger partial charge is 0.434 e. The fourth-order valence-corrected chi connectivity index (χ4v) is 4.69. The summed E-state index contributed by atoms with van der Waals surface area (Å²) >= 11 is 0. The third-order valence-corrected chi connectivity index (χ3v) is 6.32. The van der Waals surface area contributed by atoms with Crippen LogP contribution in [0.1, 0.15) is 48.3 Å². The van der Waals surface area contributed by atoms with Crippen molar-refractivity contribution in [2.24, 2.45) is 0 Å². The summed E-state index contributed by atoms with van der Waals surface area (Å²) in [5.74, 6) is 1.84. The average molecular weight is 417 g/mol. The smallest absolute Gasteiger partial charge is 0.387 e. The van der Waals surface area contributed by atoms with E-state index in [1.165, 1.54) is 18.5 Å². The van der Waals surface area contributed by atoms with E-state index in [0.717, 1.165) is 46.4 Å². The van der Waals surface area contributed by atoms with Crippen molar-refractivity contribution < 1.29 is 13.5 Å². The topological polar surface area (TPSA) is 39.9 Å². The first-order valence-electron chi connectivity index (χ1n) is 10.7. The maximum Gasteiger partial charge on any atom is 0.387 e. The number of alkyl halides is 2. The highest BCUT2D eigenvalue weighted by atomic mass is 19.3. The van der Waals surface area contributed by atoms with Gasteiger partial charge in [-0.2, -0.15) is 8.78 Å². The first-order chi connectivity index (χ1) is 15.2. The molecule has 31 heavy (non-hydrogen) atoms. The molecular weight excluding hydrogens is 396 g/mol. The normalized spacial score (nSPS) is 18.0. The Morgan fingerprint density at radius 2 is 1.81 bits per heavy atom. The SMILES string of the molecule is FC(F)Oc1ccccc1[C@@H]1CCc2nc3ccc(-c4ccc(C5CC5)nc4)cc3n21. The van der Waals surface area contributed by atoms with Gasteiger partial charge in [-0.3, -0.25) is 4.98 Å². The van der Waals surface area contributed by atoms with Crippen molar-refractivity contribution >= 4 is 11.0 Å². The molecule has 4 aromatic rings. The maximum absolute atomic E-state index is 13.0. The van der Waals surface area contributed by atoms with Crippen molar-refractivity contribution in [2.75, 3.05) is 0 Å². The fraction of sp³-hybridized carbons (Fsp3) is 0.280. The number of nitrogens with zero attached hydrogens (tertiary/aromatic N) is 3. The predicted octanol–water partition coefficient (Wildman–Crippen LogP) is 6.11. The second kappa shape index (κ2) is 7.15. The van der Waals surface area contributed by atoms with Crippen molar-refractivity contribution in [2.45, 2.75) is 44.3 Å². The van der Waals surface area contributed by atoms with Gasteiger partial charge in [0.2, 0.25) is 0 Å². The molecule has 1 saturated carbocycles. The van der Waals surface area contributed by atoms with E-state index in [4.69, 9.17) is 9.72 Å². The van der Waals surface area contributed by atoms with Gasteiger partial charge in [-0.25, -0.2) is 4.98 Å². The molecule has 0 radical (unpaired) electrons. The summed E-state index contributed by atoms with van der Waals surface area (Å²) in [6, 6.07) is 17.5. The molecule has 0 bridgehead atoms. The molecule has 0 amide bonds. The molecule has 156 valence electrons. The zero-order valence-corrected chi connectivity index (χ0v) is 16.8. The number of benzene rings is 2. The van der Waals surface area contributed by atoms with E-state index >= 15 is 0 Å². The lowest BCUT2D eigenvalue weighted by Crippen LogP contribution is -2.10. The third-order valence-electron chi connectivity index (χ3n) is 6.32. The highest BCUT2D eigenvalue weighted by Gasteiger charge is 2.30. The molecule has 0 spiro atoms. The van der Waals surface area contributed by atoms with Crippen LogP contribution >= 0.6 is 0 Å². The van der Waals surface area contributed by atoms with Crippen LogP contribution in [0.3, 0.4) is 0 Å². The van der Waals surface area contributed by atoms with Gasteiger partial charge in [-0.15, -0.1) is 0 Å². The minimum absolute atomic E-state index is 0.0828. The number of rotatable bonds is 5. The Hall–Kier alpha value is -3.28. The van der Waals surface area contributed by atoms with E-state index in [0.29, 0.717) is 5.92 Å². The second-order valence-electron chi connectivity index (χ2n) is 8.32. The molecule has 2 aliphatic rings. The fourth-order valence-electron chi connectivity index (χ4n) is 4.69. The third kappa shape index (κ3) is 3.26. The monoisotopic (exact) mass is 417 g/mol. The second-order valence-corrected chi connectivity index (χ2v) is 8.32. The van der Waals surface area contributed by atoms with Gasteiger partial charge in [0.25, 0.3) is 0 Å². The van der Waals surface area contributed by atoms with Gasteiger partial charge < -0.3 is 9.30 Å². The van der Waals surface area contributed by atoms with E-state index in [1.807, 2.05) is 24.4 Å². The standard InChI is InChI=1S/C25H21F2N3O/c26-25(27)31-23-4-2-1-3-18(23)21-11-12-24-29-20-10-7-16(13-22(20)30(21)24)17-8-9-19(28-14-17)15-5-6-15/h1-4,7-10,13-15,21,25H,5-6,11-12H2/t21-/m0/s1. The molecular formula is C25H21F2N3O. The molecule has 3 heterocycles. The van der Waals surface area contributed by atoms with Crippen molar-refractivity contribution in [1.29, 1.82) is 0 Å². The predicted molar refractivity (Wildman–Crippen MR) is 114 cm³/mol. The molecule has 6 rings (SSSR count). The summed E-state index contributed by atoms with van der Waals surface area (Å²) in [5, 5.41) is 0. The van der Waals surface area contributed by atoms with Crippen LogP contribution in [0.25, 0.3) is 22.2 Å². The van der Waals surface area contributed by atoms with Crippen molar-refractivity contribution in [3.63, 3.8) is 0 Å². The van der Waals surface area contributed by atoms with Crippen LogP contribution in [0.4, 0.5) is 8.78 Å². The minimum Gasteiger partial charge on any atom is -0.434 e. The molecule has 1 atom stereocenters. The summed E-state index contributed by atoms with van der Waals surface area (Å²) in [7, 11) is 0. The first-order valence-corrected chi connectivity index (χ1v) is 10.7. The van der Waals surface area contributed by atoms with Crippen molar-refractivity contribution in [1.82, 2.24) is 14.5 Å². The molecule has 1 aliphatic heterocycles. The Kier molecular flexibility index (Phi) is 4.26. The first kappa shape index (κ1) is 18.5. The van der Waals surface area contributed by atoms with Gasteiger partial charge in [-0.1, -0.05) is 30.3 Å².